The van der Waals surface area contributed by atoms with E-state index in [0.29, 0.717) is 30.3 Å². The van der Waals surface area contributed by atoms with Gasteiger partial charge in [-0.25, -0.2) is 4.79 Å². The number of hydrogen-bond acceptors (Lipinski definition) is 4. The Morgan fingerprint density at radius 3 is 2.86 bits per heavy atom. The maximum Gasteiger partial charge on any atom is 0.337 e. The summed E-state index contributed by atoms with van der Waals surface area (Å²) in [5.41, 5.74) is 0.667. The van der Waals surface area contributed by atoms with Crippen LogP contribution in [0.4, 0.5) is 5.69 Å². The van der Waals surface area contributed by atoms with Crippen molar-refractivity contribution in [3.8, 4) is 0 Å². The molecule has 1 unspecified atom stereocenters. The largest absolute Gasteiger partial charge is 0.465 e. The van der Waals surface area contributed by atoms with Gasteiger partial charge in [-0.2, -0.15) is 12.7 Å². The molecule has 0 aromatic heterocycles. The van der Waals surface area contributed by atoms with Gasteiger partial charge in [-0.15, -0.1) is 0 Å². The van der Waals surface area contributed by atoms with Crippen molar-refractivity contribution in [2.24, 2.45) is 5.92 Å². The van der Waals surface area contributed by atoms with Crippen LogP contribution in [-0.4, -0.2) is 38.9 Å². The maximum atomic E-state index is 12.3. The molecule has 1 N–H and O–H groups in total. The van der Waals surface area contributed by atoms with Crippen molar-refractivity contribution in [2.75, 3.05) is 24.9 Å². The molecule has 2 rings (SSSR count). The van der Waals surface area contributed by atoms with Crippen LogP contribution in [0.2, 0.25) is 0 Å². The summed E-state index contributed by atoms with van der Waals surface area (Å²) in [6.45, 7) is 3.09. The number of anilines is 1. The van der Waals surface area contributed by atoms with Crippen LogP contribution in [0.15, 0.2) is 24.3 Å². The minimum absolute atomic E-state index is 0.310. The minimum Gasteiger partial charge on any atom is -0.465 e. The monoisotopic (exact) mass is 312 g/mol. The fraction of sp³-hybridized carbons (Fsp3) is 0.500. The highest BCUT2D eigenvalue weighted by molar-refractivity contribution is 7.90. The predicted molar refractivity (Wildman–Crippen MR) is 80.3 cm³/mol. The quantitative estimate of drug-likeness (QED) is 0.861. The smallest absolute Gasteiger partial charge is 0.337 e. The van der Waals surface area contributed by atoms with Gasteiger partial charge in [0.05, 0.1) is 18.4 Å². The van der Waals surface area contributed by atoms with Crippen LogP contribution < -0.4 is 4.72 Å². The fourth-order valence-corrected chi connectivity index (χ4v) is 3.78. The minimum atomic E-state index is -3.59. The summed E-state index contributed by atoms with van der Waals surface area (Å²) in [5, 5.41) is 0. The molecule has 1 heterocycles. The molecule has 1 aliphatic heterocycles. The van der Waals surface area contributed by atoms with Crippen molar-refractivity contribution in [2.45, 2.75) is 19.8 Å². The molecule has 1 aliphatic rings. The molecule has 116 valence electrons. The molecule has 1 aromatic rings. The second-order valence-electron chi connectivity index (χ2n) is 5.28. The van der Waals surface area contributed by atoms with Gasteiger partial charge in [-0.1, -0.05) is 13.0 Å². The summed E-state index contributed by atoms with van der Waals surface area (Å²) >= 11 is 0. The van der Waals surface area contributed by atoms with Crippen LogP contribution >= 0.6 is 0 Å². The summed E-state index contributed by atoms with van der Waals surface area (Å²) in [6.07, 6.45) is 1.91. The molecule has 21 heavy (non-hydrogen) atoms. The molecule has 7 heteroatoms. The van der Waals surface area contributed by atoms with Crippen LogP contribution in [0.3, 0.4) is 0 Å². The van der Waals surface area contributed by atoms with Gasteiger partial charge in [-0.3, -0.25) is 4.72 Å². The number of ether oxygens (including phenoxy) is 1. The van der Waals surface area contributed by atoms with Crippen molar-refractivity contribution < 1.29 is 17.9 Å². The Morgan fingerprint density at radius 2 is 2.19 bits per heavy atom. The van der Waals surface area contributed by atoms with Gasteiger partial charge in [0.1, 0.15) is 0 Å². The number of carbonyl (C=O) groups excluding carboxylic acids is 1. The lowest BCUT2D eigenvalue weighted by atomic mass is 10.0. The molecule has 6 nitrogen and oxygen atoms in total. The lowest BCUT2D eigenvalue weighted by Crippen LogP contribution is -2.42. The van der Waals surface area contributed by atoms with Gasteiger partial charge in [0.25, 0.3) is 0 Å². The van der Waals surface area contributed by atoms with Crippen LogP contribution in [-0.2, 0) is 14.9 Å². The molecular formula is C14H20N2O4S. The van der Waals surface area contributed by atoms with Crippen molar-refractivity contribution >= 4 is 21.9 Å². The summed E-state index contributed by atoms with van der Waals surface area (Å²) < 4.78 is 33.3. The summed E-state index contributed by atoms with van der Waals surface area (Å²) in [7, 11) is -2.30. The Bertz CT molecular complexity index is 615. The molecule has 1 saturated heterocycles. The molecule has 0 saturated carbocycles. The number of methoxy groups -OCH3 is 1. The second kappa shape index (κ2) is 6.44. The van der Waals surface area contributed by atoms with Gasteiger partial charge >= 0.3 is 16.2 Å². The van der Waals surface area contributed by atoms with Crippen LogP contribution in [0, 0.1) is 5.92 Å². The van der Waals surface area contributed by atoms with E-state index in [9.17, 15) is 13.2 Å². The zero-order chi connectivity index (χ0) is 15.5. The van der Waals surface area contributed by atoms with Gasteiger partial charge in [0.15, 0.2) is 0 Å². The number of carbonyl (C=O) groups is 1. The first-order chi connectivity index (χ1) is 9.92. The molecule has 0 spiro atoms. The molecule has 1 atom stereocenters. The molecule has 0 radical (unpaired) electrons. The van der Waals surface area contributed by atoms with E-state index in [1.54, 1.807) is 18.2 Å². The molecule has 0 aliphatic carbocycles. The average molecular weight is 312 g/mol. The van der Waals surface area contributed by atoms with E-state index in [2.05, 4.69) is 9.46 Å². The third kappa shape index (κ3) is 3.95. The highest BCUT2D eigenvalue weighted by Crippen LogP contribution is 2.20. The Balaban J connectivity index is 2.14. The standard InChI is InChI=1S/C14H20N2O4S/c1-11-5-4-8-16(10-11)21(18,19)15-13-7-3-6-12(9-13)14(17)20-2/h3,6-7,9,11,15H,4-5,8,10H2,1-2H3. The third-order valence-electron chi connectivity index (χ3n) is 3.49. The third-order valence-corrected chi connectivity index (χ3v) is 5.00. The van der Waals surface area contributed by atoms with Crippen molar-refractivity contribution in [1.82, 2.24) is 4.31 Å². The molecule has 1 aromatic carbocycles. The van der Waals surface area contributed by atoms with Gasteiger partial charge in [-0.05, 0) is 37.0 Å². The normalized spacial score (nSPS) is 20.0. The lowest BCUT2D eigenvalue weighted by Gasteiger charge is -2.30. The molecule has 0 amide bonds. The Hall–Kier alpha value is -1.60. The first kappa shape index (κ1) is 15.8. The van der Waals surface area contributed by atoms with Gasteiger partial charge < -0.3 is 4.74 Å². The summed E-state index contributed by atoms with van der Waals surface area (Å²) in [4.78, 5) is 11.5. The van der Waals surface area contributed by atoms with E-state index >= 15 is 0 Å². The molecule has 1 fully saturated rings. The second-order valence-corrected chi connectivity index (χ2v) is 6.96. The summed E-state index contributed by atoms with van der Waals surface area (Å²) in [6, 6.07) is 6.27. The predicted octanol–water partition coefficient (Wildman–Crippen LogP) is 1.86. The zero-order valence-corrected chi connectivity index (χ0v) is 13.0. The number of nitrogens with zero attached hydrogens (tertiary/aromatic N) is 1. The van der Waals surface area contributed by atoms with Crippen LogP contribution in [0.5, 0.6) is 0 Å². The van der Waals surface area contributed by atoms with Gasteiger partial charge in [0, 0.05) is 13.1 Å². The van der Waals surface area contributed by atoms with E-state index in [4.69, 9.17) is 0 Å². The lowest BCUT2D eigenvalue weighted by molar-refractivity contribution is 0.0601. The number of hydrogen-bond donors (Lipinski definition) is 1. The van der Waals surface area contributed by atoms with E-state index in [-0.39, 0.29) is 0 Å². The Morgan fingerprint density at radius 1 is 1.43 bits per heavy atom. The van der Waals surface area contributed by atoms with Gasteiger partial charge in [0.2, 0.25) is 0 Å². The first-order valence-electron chi connectivity index (χ1n) is 6.88. The SMILES string of the molecule is COC(=O)c1cccc(NS(=O)(=O)N2CCCC(C)C2)c1. The number of benzene rings is 1. The number of esters is 1. The maximum absolute atomic E-state index is 12.3. The zero-order valence-electron chi connectivity index (χ0n) is 12.2. The number of piperidine rings is 1. The van der Waals surface area contributed by atoms with E-state index in [1.807, 2.05) is 6.92 Å². The number of rotatable bonds is 4. The van der Waals surface area contributed by atoms with E-state index in [0.717, 1.165) is 12.8 Å². The molecular weight excluding hydrogens is 292 g/mol. The molecule has 0 bridgehead atoms. The van der Waals surface area contributed by atoms with Crippen LogP contribution in [0.1, 0.15) is 30.1 Å². The highest BCUT2D eigenvalue weighted by atomic mass is 32.2. The Kier molecular flexibility index (Phi) is 4.84. The fourth-order valence-electron chi connectivity index (χ4n) is 2.41. The van der Waals surface area contributed by atoms with E-state index < -0.39 is 16.2 Å². The average Bonchev–Trinajstić information content (AvgIpc) is 2.46. The van der Waals surface area contributed by atoms with Crippen LogP contribution in [0.25, 0.3) is 0 Å². The van der Waals surface area contributed by atoms with Crippen molar-refractivity contribution in [3.63, 3.8) is 0 Å². The summed E-state index contributed by atoms with van der Waals surface area (Å²) in [5.74, 6) is -0.139. The highest BCUT2D eigenvalue weighted by Gasteiger charge is 2.27. The topological polar surface area (TPSA) is 75.7 Å². The number of nitrogens with one attached hydrogen (secondary N) is 1. The first-order valence-corrected chi connectivity index (χ1v) is 8.32. The van der Waals surface area contributed by atoms with E-state index in [1.165, 1.54) is 17.5 Å². The van der Waals surface area contributed by atoms with Crippen molar-refractivity contribution in [1.29, 1.82) is 0 Å². The Labute approximate surface area is 125 Å². The van der Waals surface area contributed by atoms with Crippen molar-refractivity contribution in [3.05, 3.63) is 29.8 Å².